The fourth-order valence-electron chi connectivity index (χ4n) is 1.35. The average molecular weight is 352 g/mol. The van der Waals surface area contributed by atoms with Crippen molar-refractivity contribution in [1.82, 2.24) is 0 Å². The maximum atomic E-state index is 12.1. The quantitative estimate of drug-likeness (QED) is 0.881. The number of nitrogens with one attached hydrogen (secondary N) is 1. The van der Waals surface area contributed by atoms with E-state index in [0.29, 0.717) is 16.4 Å². The van der Waals surface area contributed by atoms with E-state index in [9.17, 15) is 13.2 Å². The van der Waals surface area contributed by atoms with Gasteiger partial charge in [-0.25, -0.2) is 13.2 Å². The molecule has 0 aliphatic rings. The molecule has 0 saturated carbocycles. The van der Waals surface area contributed by atoms with Crippen LogP contribution in [0.15, 0.2) is 34.5 Å². The van der Waals surface area contributed by atoms with Crippen molar-refractivity contribution in [2.75, 3.05) is 4.72 Å². The Kier molecular flexibility index (Phi) is 4.24. The minimum Gasteiger partial charge on any atom is -0.477 e. The van der Waals surface area contributed by atoms with Crippen molar-refractivity contribution < 1.29 is 18.3 Å². The second kappa shape index (κ2) is 5.61. The van der Waals surface area contributed by atoms with Crippen molar-refractivity contribution in [1.29, 1.82) is 0 Å². The monoisotopic (exact) mass is 351 g/mol. The second-order valence-electron chi connectivity index (χ2n) is 3.65. The van der Waals surface area contributed by atoms with Crippen LogP contribution in [-0.4, -0.2) is 19.5 Å². The molecule has 0 bridgehead atoms. The molecule has 0 saturated heterocycles. The van der Waals surface area contributed by atoms with Gasteiger partial charge in [-0.2, -0.15) is 0 Å². The van der Waals surface area contributed by atoms with Gasteiger partial charge in [0.25, 0.3) is 10.0 Å². The SMILES string of the molecule is O=C(O)c1ccc(S(=O)(=O)Nc2cc(Cl)ccc2Cl)s1. The predicted molar refractivity (Wildman–Crippen MR) is 78.5 cm³/mol. The molecular formula is C11H7Cl2NO4S2. The van der Waals surface area contributed by atoms with Crippen LogP contribution < -0.4 is 4.72 Å². The standard InChI is InChI=1S/C11H7Cl2NO4S2/c12-6-1-2-7(13)8(5-6)14-20(17,18)10-4-3-9(19-10)11(15)16/h1-5,14H,(H,15,16). The van der Waals surface area contributed by atoms with Crippen molar-refractivity contribution in [3.05, 3.63) is 45.3 Å². The van der Waals surface area contributed by atoms with Crippen LogP contribution in [0.3, 0.4) is 0 Å². The number of carbonyl (C=O) groups is 1. The molecule has 2 aromatic rings. The molecule has 0 spiro atoms. The number of aromatic carboxylic acids is 1. The normalized spacial score (nSPS) is 11.3. The summed E-state index contributed by atoms with van der Waals surface area (Å²) >= 11 is 12.3. The van der Waals surface area contributed by atoms with Gasteiger partial charge in [0.05, 0.1) is 10.7 Å². The van der Waals surface area contributed by atoms with Gasteiger partial charge in [-0.05, 0) is 30.3 Å². The third-order valence-electron chi connectivity index (χ3n) is 2.23. The molecule has 20 heavy (non-hydrogen) atoms. The van der Waals surface area contributed by atoms with E-state index in [4.69, 9.17) is 28.3 Å². The molecule has 2 rings (SSSR count). The Morgan fingerprint density at radius 2 is 1.90 bits per heavy atom. The van der Waals surface area contributed by atoms with Crippen LogP contribution in [0.4, 0.5) is 5.69 Å². The summed E-state index contributed by atoms with van der Waals surface area (Å²) in [5.74, 6) is -1.18. The molecule has 0 atom stereocenters. The van der Waals surface area contributed by atoms with E-state index in [1.807, 2.05) is 0 Å². The number of benzene rings is 1. The lowest BCUT2D eigenvalue weighted by Gasteiger charge is -2.08. The van der Waals surface area contributed by atoms with Crippen LogP contribution in [0, 0.1) is 0 Å². The van der Waals surface area contributed by atoms with Gasteiger partial charge in [0.1, 0.15) is 9.09 Å². The first-order valence-electron chi connectivity index (χ1n) is 5.10. The number of carboxylic acid groups (broad SMARTS) is 1. The zero-order valence-corrected chi connectivity index (χ0v) is 12.8. The summed E-state index contributed by atoms with van der Waals surface area (Å²) in [4.78, 5) is 10.7. The van der Waals surface area contributed by atoms with Crippen LogP contribution in [0.1, 0.15) is 9.67 Å². The molecule has 0 fully saturated rings. The zero-order valence-electron chi connectivity index (χ0n) is 9.63. The molecule has 1 aromatic carbocycles. The highest BCUT2D eigenvalue weighted by atomic mass is 35.5. The summed E-state index contributed by atoms with van der Waals surface area (Å²) < 4.78 is 26.4. The van der Waals surface area contributed by atoms with E-state index in [-0.39, 0.29) is 19.8 Å². The lowest BCUT2D eigenvalue weighted by atomic mass is 10.3. The van der Waals surface area contributed by atoms with Gasteiger partial charge < -0.3 is 5.11 Å². The molecular weight excluding hydrogens is 345 g/mol. The van der Waals surface area contributed by atoms with Crippen LogP contribution in [-0.2, 0) is 10.0 Å². The lowest BCUT2D eigenvalue weighted by Crippen LogP contribution is -2.11. The van der Waals surface area contributed by atoms with Crippen LogP contribution in [0.2, 0.25) is 10.0 Å². The Hall–Kier alpha value is -1.28. The van der Waals surface area contributed by atoms with Gasteiger partial charge in [-0.15, -0.1) is 11.3 Å². The maximum Gasteiger partial charge on any atom is 0.345 e. The number of hydrogen-bond acceptors (Lipinski definition) is 4. The zero-order chi connectivity index (χ0) is 14.9. The van der Waals surface area contributed by atoms with Crippen LogP contribution >= 0.6 is 34.5 Å². The van der Waals surface area contributed by atoms with Gasteiger partial charge in [-0.1, -0.05) is 23.2 Å². The van der Waals surface area contributed by atoms with Crippen molar-refractivity contribution in [2.45, 2.75) is 4.21 Å². The number of sulfonamides is 1. The molecule has 0 amide bonds. The Balaban J connectivity index is 2.35. The number of thiophene rings is 1. The molecule has 0 aliphatic heterocycles. The number of carboxylic acids is 1. The fourth-order valence-corrected chi connectivity index (χ4v) is 3.96. The highest BCUT2D eigenvalue weighted by Gasteiger charge is 2.20. The Morgan fingerprint density at radius 3 is 2.50 bits per heavy atom. The first-order valence-corrected chi connectivity index (χ1v) is 8.16. The summed E-state index contributed by atoms with van der Waals surface area (Å²) in [6.07, 6.45) is 0. The van der Waals surface area contributed by atoms with Crippen LogP contribution in [0.25, 0.3) is 0 Å². The van der Waals surface area contributed by atoms with Gasteiger partial charge in [0, 0.05) is 5.02 Å². The van der Waals surface area contributed by atoms with E-state index in [1.165, 1.54) is 30.3 Å². The summed E-state index contributed by atoms with van der Waals surface area (Å²) in [6, 6.07) is 6.79. The summed E-state index contributed by atoms with van der Waals surface area (Å²) in [5, 5.41) is 9.30. The topological polar surface area (TPSA) is 83.5 Å². The first kappa shape index (κ1) is 15.1. The summed E-state index contributed by atoms with van der Waals surface area (Å²) in [5.41, 5.74) is 0.129. The number of anilines is 1. The van der Waals surface area contributed by atoms with Gasteiger partial charge >= 0.3 is 5.97 Å². The van der Waals surface area contributed by atoms with Crippen molar-refractivity contribution >= 4 is 56.2 Å². The number of rotatable bonds is 4. The largest absolute Gasteiger partial charge is 0.477 e. The van der Waals surface area contributed by atoms with Crippen molar-refractivity contribution in [3.8, 4) is 0 Å². The lowest BCUT2D eigenvalue weighted by molar-refractivity contribution is 0.0702. The fraction of sp³-hybridized carbons (Fsp3) is 0. The number of hydrogen-bond donors (Lipinski definition) is 2. The Morgan fingerprint density at radius 1 is 1.20 bits per heavy atom. The van der Waals surface area contributed by atoms with Crippen molar-refractivity contribution in [2.24, 2.45) is 0 Å². The average Bonchev–Trinajstić information content (AvgIpc) is 2.84. The van der Waals surface area contributed by atoms with E-state index < -0.39 is 16.0 Å². The Bertz CT molecular complexity index is 770. The van der Waals surface area contributed by atoms with E-state index >= 15 is 0 Å². The van der Waals surface area contributed by atoms with E-state index in [1.54, 1.807) is 0 Å². The van der Waals surface area contributed by atoms with Gasteiger partial charge in [0.2, 0.25) is 0 Å². The molecule has 0 radical (unpaired) electrons. The van der Waals surface area contributed by atoms with E-state index in [0.717, 1.165) is 0 Å². The molecule has 9 heteroatoms. The first-order chi connectivity index (χ1) is 9.29. The second-order valence-corrected chi connectivity index (χ2v) is 7.49. The third-order valence-corrected chi connectivity index (χ3v) is 5.72. The smallest absolute Gasteiger partial charge is 0.345 e. The van der Waals surface area contributed by atoms with Crippen LogP contribution in [0.5, 0.6) is 0 Å². The molecule has 1 aromatic heterocycles. The molecule has 0 aliphatic carbocycles. The molecule has 0 unspecified atom stereocenters. The molecule has 106 valence electrons. The summed E-state index contributed by atoms with van der Waals surface area (Å²) in [6.45, 7) is 0. The maximum absolute atomic E-state index is 12.1. The minimum atomic E-state index is -3.90. The summed E-state index contributed by atoms with van der Waals surface area (Å²) in [7, 11) is -3.90. The molecule has 2 N–H and O–H groups in total. The minimum absolute atomic E-state index is 0.0671. The third kappa shape index (κ3) is 3.24. The molecule has 5 nitrogen and oxygen atoms in total. The highest BCUT2D eigenvalue weighted by molar-refractivity contribution is 7.94. The highest BCUT2D eigenvalue weighted by Crippen LogP contribution is 2.29. The van der Waals surface area contributed by atoms with Crippen molar-refractivity contribution in [3.63, 3.8) is 0 Å². The van der Waals surface area contributed by atoms with E-state index in [2.05, 4.69) is 4.72 Å². The van der Waals surface area contributed by atoms with Gasteiger partial charge in [-0.3, -0.25) is 4.72 Å². The molecule has 1 heterocycles. The Labute approximate surface area is 128 Å². The number of halogens is 2. The predicted octanol–water partition coefficient (Wildman–Crippen LogP) is 3.55. The van der Waals surface area contributed by atoms with Gasteiger partial charge in [0.15, 0.2) is 0 Å².